The van der Waals surface area contributed by atoms with Crippen LogP contribution in [0.15, 0.2) is 28.7 Å². The number of hydrogen-bond acceptors (Lipinski definition) is 3. The summed E-state index contributed by atoms with van der Waals surface area (Å²) in [5, 5.41) is 3.44. The molecule has 5 heteroatoms. The highest BCUT2D eigenvalue weighted by molar-refractivity contribution is 9.10. The van der Waals surface area contributed by atoms with Crippen LogP contribution < -0.4 is 5.32 Å². The van der Waals surface area contributed by atoms with Gasteiger partial charge in [-0.2, -0.15) is 0 Å². The van der Waals surface area contributed by atoms with Crippen molar-refractivity contribution in [3.63, 3.8) is 0 Å². The molecule has 0 bridgehead atoms. The van der Waals surface area contributed by atoms with Gasteiger partial charge in [0.25, 0.3) is 0 Å². The number of rotatable bonds is 9. The van der Waals surface area contributed by atoms with Crippen LogP contribution in [0.2, 0.25) is 0 Å². The maximum absolute atomic E-state index is 11.5. The third-order valence-corrected chi connectivity index (χ3v) is 5.60. The van der Waals surface area contributed by atoms with Crippen molar-refractivity contribution in [1.82, 2.24) is 5.32 Å². The van der Waals surface area contributed by atoms with Crippen molar-refractivity contribution in [2.75, 3.05) is 18.1 Å². The first-order valence-electron chi connectivity index (χ1n) is 7.15. The van der Waals surface area contributed by atoms with Gasteiger partial charge in [-0.05, 0) is 43.5 Å². The molecule has 1 atom stereocenters. The lowest BCUT2D eigenvalue weighted by Gasteiger charge is -2.18. The van der Waals surface area contributed by atoms with E-state index in [9.17, 15) is 8.42 Å². The van der Waals surface area contributed by atoms with Crippen LogP contribution in [0.4, 0.5) is 0 Å². The van der Waals surface area contributed by atoms with E-state index in [-0.39, 0.29) is 5.75 Å². The summed E-state index contributed by atoms with van der Waals surface area (Å²) < 4.78 is 24.1. The smallest absolute Gasteiger partial charge is 0.150 e. The standard InChI is InChI=1S/C15H24BrNO2S/c1-3-17-15(9-6-10-20(18,19)4-2)12-13-7-5-8-14(16)11-13/h5,7-8,11,15,17H,3-4,6,9-10,12H2,1-2H3. The van der Waals surface area contributed by atoms with Gasteiger partial charge in [0.15, 0.2) is 0 Å². The van der Waals surface area contributed by atoms with Crippen molar-refractivity contribution >= 4 is 25.8 Å². The second-order valence-corrected chi connectivity index (χ2v) is 8.36. The molecule has 0 amide bonds. The molecular formula is C15H24BrNO2S. The van der Waals surface area contributed by atoms with Gasteiger partial charge in [-0.1, -0.05) is 41.9 Å². The summed E-state index contributed by atoms with van der Waals surface area (Å²) in [4.78, 5) is 0. The van der Waals surface area contributed by atoms with Crippen molar-refractivity contribution in [1.29, 1.82) is 0 Å². The van der Waals surface area contributed by atoms with Crippen LogP contribution in [-0.2, 0) is 16.3 Å². The van der Waals surface area contributed by atoms with Crippen LogP contribution in [0.3, 0.4) is 0 Å². The fourth-order valence-corrected chi connectivity index (χ4v) is 3.55. The number of nitrogens with one attached hydrogen (secondary N) is 1. The quantitative estimate of drug-likeness (QED) is 0.734. The number of hydrogen-bond donors (Lipinski definition) is 1. The lowest BCUT2D eigenvalue weighted by atomic mass is 10.0. The first kappa shape index (κ1) is 17.7. The topological polar surface area (TPSA) is 46.2 Å². The Bertz CT molecular complexity index is 502. The number of benzene rings is 1. The molecule has 0 aromatic heterocycles. The van der Waals surface area contributed by atoms with Gasteiger partial charge in [0.05, 0.1) is 5.75 Å². The van der Waals surface area contributed by atoms with E-state index in [0.29, 0.717) is 11.8 Å². The van der Waals surface area contributed by atoms with Gasteiger partial charge in [0.1, 0.15) is 9.84 Å². The Labute approximate surface area is 131 Å². The van der Waals surface area contributed by atoms with E-state index in [4.69, 9.17) is 0 Å². The molecule has 1 aromatic carbocycles. The van der Waals surface area contributed by atoms with Gasteiger partial charge >= 0.3 is 0 Å². The molecule has 0 saturated heterocycles. The summed E-state index contributed by atoms with van der Waals surface area (Å²) in [6.07, 6.45) is 2.54. The zero-order chi connectivity index (χ0) is 15.0. The van der Waals surface area contributed by atoms with Crippen molar-refractivity contribution in [3.8, 4) is 0 Å². The molecule has 0 saturated carbocycles. The molecule has 1 aromatic rings. The van der Waals surface area contributed by atoms with Gasteiger partial charge in [-0.3, -0.25) is 0 Å². The molecule has 1 rings (SSSR count). The molecule has 3 nitrogen and oxygen atoms in total. The lowest BCUT2D eigenvalue weighted by molar-refractivity contribution is 0.484. The summed E-state index contributed by atoms with van der Waals surface area (Å²) >= 11 is 3.48. The highest BCUT2D eigenvalue weighted by Gasteiger charge is 2.12. The Morgan fingerprint density at radius 2 is 2.05 bits per heavy atom. The number of sulfone groups is 1. The molecule has 1 unspecified atom stereocenters. The van der Waals surface area contributed by atoms with Crippen LogP contribution in [0.1, 0.15) is 32.3 Å². The highest BCUT2D eigenvalue weighted by Crippen LogP contribution is 2.15. The van der Waals surface area contributed by atoms with E-state index in [2.05, 4.69) is 40.3 Å². The van der Waals surface area contributed by atoms with Crippen LogP contribution in [0.25, 0.3) is 0 Å². The Hall–Kier alpha value is -0.390. The second-order valence-electron chi connectivity index (χ2n) is 4.97. The van der Waals surface area contributed by atoms with E-state index in [1.165, 1.54) is 5.56 Å². The van der Waals surface area contributed by atoms with E-state index in [0.717, 1.165) is 30.3 Å². The van der Waals surface area contributed by atoms with Crippen LogP contribution in [0, 0.1) is 0 Å². The average molecular weight is 362 g/mol. The predicted octanol–water partition coefficient (Wildman–Crippen LogP) is 3.18. The van der Waals surface area contributed by atoms with Gasteiger partial charge in [-0.15, -0.1) is 0 Å². The van der Waals surface area contributed by atoms with Gasteiger partial charge in [-0.25, -0.2) is 8.42 Å². The Morgan fingerprint density at radius 1 is 1.30 bits per heavy atom. The fourth-order valence-electron chi connectivity index (χ4n) is 2.21. The van der Waals surface area contributed by atoms with Crippen molar-refractivity contribution in [3.05, 3.63) is 34.3 Å². The van der Waals surface area contributed by atoms with Gasteiger partial charge < -0.3 is 5.32 Å². The van der Waals surface area contributed by atoms with E-state index in [1.807, 2.05) is 12.1 Å². The first-order chi connectivity index (χ1) is 9.46. The maximum Gasteiger partial charge on any atom is 0.150 e. The second kappa shape index (κ2) is 8.80. The van der Waals surface area contributed by atoms with Crippen molar-refractivity contribution in [2.45, 2.75) is 39.2 Å². The van der Waals surface area contributed by atoms with Crippen molar-refractivity contribution < 1.29 is 8.42 Å². The van der Waals surface area contributed by atoms with Crippen molar-refractivity contribution in [2.24, 2.45) is 0 Å². The Kier molecular flexibility index (Phi) is 7.77. The molecule has 1 N–H and O–H groups in total. The molecular weight excluding hydrogens is 338 g/mol. The van der Waals surface area contributed by atoms with Crippen LogP contribution >= 0.6 is 15.9 Å². The van der Waals surface area contributed by atoms with Crippen LogP contribution in [0.5, 0.6) is 0 Å². The zero-order valence-electron chi connectivity index (χ0n) is 12.2. The molecule has 0 aliphatic heterocycles. The van der Waals surface area contributed by atoms with E-state index >= 15 is 0 Å². The molecule has 0 aliphatic carbocycles. The highest BCUT2D eigenvalue weighted by atomic mass is 79.9. The van der Waals surface area contributed by atoms with Crippen LogP contribution in [-0.4, -0.2) is 32.5 Å². The summed E-state index contributed by atoms with van der Waals surface area (Å²) in [7, 11) is -2.84. The Morgan fingerprint density at radius 3 is 2.65 bits per heavy atom. The molecule has 0 radical (unpaired) electrons. The third-order valence-electron chi connectivity index (χ3n) is 3.31. The third kappa shape index (κ3) is 6.86. The molecule has 0 fully saturated rings. The van der Waals surface area contributed by atoms with Gasteiger partial charge in [0.2, 0.25) is 0 Å². The lowest BCUT2D eigenvalue weighted by Crippen LogP contribution is -2.31. The summed E-state index contributed by atoms with van der Waals surface area (Å²) in [5.74, 6) is 0.536. The average Bonchev–Trinajstić information content (AvgIpc) is 2.39. The minimum Gasteiger partial charge on any atom is -0.314 e. The van der Waals surface area contributed by atoms with Gasteiger partial charge in [0, 0.05) is 16.3 Å². The summed E-state index contributed by atoms with van der Waals surface area (Å²) in [5.41, 5.74) is 1.27. The summed E-state index contributed by atoms with van der Waals surface area (Å²) in [6.45, 7) is 4.69. The largest absolute Gasteiger partial charge is 0.314 e. The molecule has 114 valence electrons. The Balaban J connectivity index is 2.52. The maximum atomic E-state index is 11.5. The number of likely N-dealkylation sites (N-methyl/N-ethyl adjacent to an activating group) is 1. The first-order valence-corrected chi connectivity index (χ1v) is 9.76. The predicted molar refractivity (Wildman–Crippen MR) is 88.9 cm³/mol. The van der Waals surface area contributed by atoms with E-state index in [1.54, 1.807) is 6.92 Å². The summed E-state index contributed by atoms with van der Waals surface area (Å²) in [6, 6.07) is 8.61. The fraction of sp³-hybridized carbons (Fsp3) is 0.600. The minimum absolute atomic E-state index is 0.241. The minimum atomic E-state index is -2.84. The molecule has 0 spiro atoms. The zero-order valence-corrected chi connectivity index (χ0v) is 14.6. The molecule has 0 aliphatic rings. The normalized spacial score (nSPS) is 13.3. The molecule has 0 heterocycles. The monoisotopic (exact) mass is 361 g/mol. The number of halogens is 1. The van der Waals surface area contributed by atoms with E-state index < -0.39 is 9.84 Å². The SMILES string of the molecule is CCNC(CCCS(=O)(=O)CC)Cc1cccc(Br)c1. The molecule has 20 heavy (non-hydrogen) atoms.